The van der Waals surface area contributed by atoms with Crippen molar-refractivity contribution >= 4 is 40.5 Å². The van der Waals surface area contributed by atoms with Crippen molar-refractivity contribution in [3.63, 3.8) is 0 Å². The van der Waals surface area contributed by atoms with Gasteiger partial charge in [-0.15, -0.1) is 0 Å². The van der Waals surface area contributed by atoms with Crippen LogP contribution < -0.4 is 15.5 Å². The van der Waals surface area contributed by atoms with Gasteiger partial charge in [0.1, 0.15) is 11.6 Å². The summed E-state index contributed by atoms with van der Waals surface area (Å²) in [5.41, 5.74) is 3.77. The van der Waals surface area contributed by atoms with E-state index in [1.807, 2.05) is 12.1 Å². The van der Waals surface area contributed by atoms with Crippen molar-refractivity contribution in [3.8, 4) is 5.75 Å². The van der Waals surface area contributed by atoms with Gasteiger partial charge in [-0.1, -0.05) is 35.3 Å². The monoisotopic (exact) mass is 383 g/mol. The van der Waals surface area contributed by atoms with Crippen molar-refractivity contribution in [2.24, 2.45) is 5.10 Å². The highest BCUT2D eigenvalue weighted by Crippen LogP contribution is 2.25. The van der Waals surface area contributed by atoms with Crippen LogP contribution in [0.25, 0.3) is 0 Å². The second-order valence-corrected chi connectivity index (χ2v) is 5.85. The summed E-state index contributed by atoms with van der Waals surface area (Å²) >= 11 is 11.7. The number of amides is 1. The van der Waals surface area contributed by atoms with E-state index in [4.69, 9.17) is 27.9 Å². The summed E-state index contributed by atoms with van der Waals surface area (Å²) < 4.78 is 18.7. The first-order valence-corrected chi connectivity index (χ1v) is 8.03. The van der Waals surface area contributed by atoms with Crippen molar-refractivity contribution in [2.75, 3.05) is 19.0 Å². The second-order valence-electron chi connectivity index (χ2n) is 5.03. The fraction of sp³-hybridized carbons (Fsp3) is 0.176. The molecule has 0 saturated carbocycles. The van der Waals surface area contributed by atoms with Gasteiger partial charge in [-0.2, -0.15) is 5.10 Å². The molecular formula is C17H16Cl2FN3O2. The molecule has 2 rings (SSSR count). The van der Waals surface area contributed by atoms with Gasteiger partial charge >= 0.3 is 0 Å². The third kappa shape index (κ3) is 5.08. The molecule has 132 valence electrons. The molecule has 0 spiro atoms. The topological polar surface area (TPSA) is 62.7 Å². The first-order chi connectivity index (χ1) is 11.9. The number of hydrogen-bond donors (Lipinski definition) is 2. The van der Waals surface area contributed by atoms with E-state index in [1.54, 1.807) is 26.2 Å². The van der Waals surface area contributed by atoms with Gasteiger partial charge < -0.3 is 10.1 Å². The Morgan fingerprint density at radius 1 is 1.24 bits per heavy atom. The van der Waals surface area contributed by atoms with Crippen LogP contribution >= 0.6 is 23.2 Å². The summed E-state index contributed by atoms with van der Waals surface area (Å²) in [5.74, 6) is -0.367. The van der Waals surface area contributed by atoms with Gasteiger partial charge in [0.2, 0.25) is 0 Å². The molecule has 0 fully saturated rings. The van der Waals surface area contributed by atoms with E-state index >= 15 is 0 Å². The molecule has 5 nitrogen and oxygen atoms in total. The first kappa shape index (κ1) is 19.0. The Balaban J connectivity index is 1.99. The summed E-state index contributed by atoms with van der Waals surface area (Å²) in [7, 11) is 1.54. The molecule has 0 atom stereocenters. The highest BCUT2D eigenvalue weighted by atomic mass is 35.5. The quantitative estimate of drug-likeness (QED) is 0.448. The average molecular weight is 384 g/mol. The lowest BCUT2D eigenvalue weighted by Gasteiger charge is -2.10. The maximum absolute atomic E-state index is 13.5. The Hall–Kier alpha value is -2.31. The zero-order chi connectivity index (χ0) is 18.4. The van der Waals surface area contributed by atoms with E-state index in [0.717, 1.165) is 0 Å². The number of nitrogens with zero attached hydrogens (tertiary/aromatic N) is 1. The highest BCUT2D eigenvalue weighted by Gasteiger charge is 2.10. The van der Waals surface area contributed by atoms with E-state index in [-0.39, 0.29) is 22.5 Å². The number of anilines is 1. The molecule has 2 N–H and O–H groups in total. The van der Waals surface area contributed by atoms with Gasteiger partial charge in [0, 0.05) is 5.56 Å². The number of rotatable bonds is 6. The Morgan fingerprint density at radius 3 is 2.68 bits per heavy atom. The largest absolute Gasteiger partial charge is 0.495 e. The molecule has 1 amide bonds. The van der Waals surface area contributed by atoms with Crippen LogP contribution in [0.1, 0.15) is 12.5 Å². The van der Waals surface area contributed by atoms with Gasteiger partial charge in [-0.05, 0) is 31.2 Å². The van der Waals surface area contributed by atoms with Crippen molar-refractivity contribution in [3.05, 3.63) is 57.8 Å². The number of nitrogens with one attached hydrogen (secondary N) is 2. The SMILES string of the molecule is COc1ccccc1NCC(=O)N/N=C(/C)c1cc(F)c(Cl)cc1Cl. The molecule has 0 aliphatic rings. The minimum Gasteiger partial charge on any atom is -0.495 e. The molecule has 0 saturated heterocycles. The lowest BCUT2D eigenvalue weighted by Crippen LogP contribution is -2.27. The van der Waals surface area contributed by atoms with Gasteiger partial charge in [-0.25, -0.2) is 9.82 Å². The third-order valence-electron chi connectivity index (χ3n) is 3.29. The molecule has 0 aliphatic carbocycles. The summed E-state index contributed by atoms with van der Waals surface area (Å²) in [6, 6.07) is 9.67. The van der Waals surface area contributed by atoms with E-state index in [2.05, 4.69) is 15.8 Å². The molecule has 8 heteroatoms. The number of para-hydroxylation sites is 2. The molecule has 2 aromatic carbocycles. The van der Waals surface area contributed by atoms with Gasteiger partial charge in [-0.3, -0.25) is 4.79 Å². The Labute approximate surface area is 154 Å². The maximum atomic E-state index is 13.5. The second kappa shape index (κ2) is 8.69. The zero-order valence-electron chi connectivity index (χ0n) is 13.6. The van der Waals surface area contributed by atoms with Crippen molar-refractivity contribution in [1.82, 2.24) is 5.43 Å². The predicted octanol–water partition coefficient (Wildman–Crippen LogP) is 4.09. The molecule has 0 radical (unpaired) electrons. The summed E-state index contributed by atoms with van der Waals surface area (Å²) in [5, 5.41) is 7.05. The molecule has 0 heterocycles. The standard InChI is InChI=1S/C17H16Cl2FN3O2/c1-10(11-7-14(20)13(19)8-12(11)18)22-23-17(24)9-21-15-5-3-4-6-16(15)25-2/h3-8,21H,9H2,1-2H3,(H,23,24)/b22-10-. The molecular weight excluding hydrogens is 368 g/mol. The van der Waals surface area contributed by atoms with Crippen LogP contribution in [0.15, 0.2) is 41.5 Å². The van der Waals surface area contributed by atoms with Crippen molar-refractivity contribution < 1.29 is 13.9 Å². The van der Waals surface area contributed by atoms with Crippen LogP contribution in [0.4, 0.5) is 10.1 Å². The van der Waals surface area contributed by atoms with Crippen LogP contribution in [0.3, 0.4) is 0 Å². The van der Waals surface area contributed by atoms with Gasteiger partial charge in [0.15, 0.2) is 0 Å². The number of benzene rings is 2. The first-order valence-electron chi connectivity index (χ1n) is 7.27. The molecule has 2 aromatic rings. The Bertz CT molecular complexity index is 812. The minimum atomic E-state index is -0.611. The number of carbonyl (C=O) groups excluding carboxylic acids is 1. The normalized spacial score (nSPS) is 11.2. The van der Waals surface area contributed by atoms with Gasteiger partial charge in [0.25, 0.3) is 5.91 Å². The van der Waals surface area contributed by atoms with E-state index in [9.17, 15) is 9.18 Å². The molecule has 25 heavy (non-hydrogen) atoms. The number of hydrogen-bond acceptors (Lipinski definition) is 4. The fourth-order valence-corrected chi connectivity index (χ4v) is 2.53. The average Bonchev–Trinajstić information content (AvgIpc) is 2.61. The highest BCUT2D eigenvalue weighted by molar-refractivity contribution is 6.37. The fourth-order valence-electron chi connectivity index (χ4n) is 2.01. The van der Waals surface area contributed by atoms with E-state index in [0.29, 0.717) is 22.7 Å². The van der Waals surface area contributed by atoms with Crippen LogP contribution in [0.5, 0.6) is 5.75 Å². The van der Waals surface area contributed by atoms with E-state index in [1.165, 1.54) is 12.1 Å². The summed E-state index contributed by atoms with van der Waals surface area (Å²) in [6.45, 7) is 1.59. The van der Waals surface area contributed by atoms with Crippen LogP contribution in [0, 0.1) is 5.82 Å². The van der Waals surface area contributed by atoms with Gasteiger partial charge in [0.05, 0.1) is 35.1 Å². The van der Waals surface area contributed by atoms with Crippen molar-refractivity contribution in [2.45, 2.75) is 6.92 Å². The number of carbonyl (C=O) groups is 1. The third-order valence-corrected chi connectivity index (χ3v) is 3.90. The smallest absolute Gasteiger partial charge is 0.259 e. The molecule has 0 unspecified atom stereocenters. The van der Waals surface area contributed by atoms with Crippen LogP contribution in [-0.4, -0.2) is 25.3 Å². The zero-order valence-corrected chi connectivity index (χ0v) is 15.1. The maximum Gasteiger partial charge on any atom is 0.259 e. The van der Waals surface area contributed by atoms with Crippen molar-refractivity contribution in [1.29, 1.82) is 0 Å². The number of methoxy groups -OCH3 is 1. The van der Waals surface area contributed by atoms with Crippen LogP contribution in [0.2, 0.25) is 10.0 Å². The Morgan fingerprint density at radius 2 is 1.96 bits per heavy atom. The van der Waals surface area contributed by atoms with Crippen LogP contribution in [-0.2, 0) is 4.79 Å². The minimum absolute atomic E-state index is 0.0140. The number of hydrazone groups is 1. The molecule has 0 aliphatic heterocycles. The summed E-state index contributed by atoms with van der Waals surface area (Å²) in [6.07, 6.45) is 0. The summed E-state index contributed by atoms with van der Waals surface area (Å²) in [4.78, 5) is 11.9. The lowest BCUT2D eigenvalue weighted by molar-refractivity contribution is -0.119. The number of ether oxygens (including phenoxy) is 1. The molecule has 0 aromatic heterocycles. The van der Waals surface area contributed by atoms with E-state index < -0.39 is 5.82 Å². The molecule has 0 bridgehead atoms. The number of halogens is 3. The lowest BCUT2D eigenvalue weighted by atomic mass is 10.1. The Kier molecular flexibility index (Phi) is 6.61. The predicted molar refractivity (Wildman–Crippen MR) is 98.3 cm³/mol.